The van der Waals surface area contributed by atoms with Crippen LogP contribution in [0.1, 0.15) is 39.5 Å². The van der Waals surface area contributed by atoms with Crippen LogP contribution in [0, 0.1) is 12.8 Å². The second kappa shape index (κ2) is 15.8. The lowest BCUT2D eigenvalue weighted by Crippen LogP contribution is -2.43. The van der Waals surface area contributed by atoms with E-state index in [1.54, 1.807) is 35.2 Å². The van der Waals surface area contributed by atoms with E-state index in [0.29, 0.717) is 30.2 Å². The molecule has 2 atom stereocenters. The van der Waals surface area contributed by atoms with Crippen LogP contribution < -0.4 is 19.5 Å². The third-order valence-electron chi connectivity index (χ3n) is 7.49. The van der Waals surface area contributed by atoms with E-state index in [1.165, 1.54) is 11.3 Å². The van der Waals surface area contributed by atoms with Gasteiger partial charge in [0.2, 0.25) is 17.7 Å². The van der Waals surface area contributed by atoms with Gasteiger partial charge in [0.05, 0.1) is 43.3 Å². The molecule has 3 aromatic rings. The molecule has 2 aliphatic rings. The number of carbonyl (C=O) groups excluding carboxylic acids is 3. The summed E-state index contributed by atoms with van der Waals surface area (Å²) in [6.07, 6.45) is 1.77. The Hall–Kier alpha value is -4.72. The van der Waals surface area contributed by atoms with Gasteiger partial charge in [0.15, 0.2) is 11.5 Å². The first-order valence-corrected chi connectivity index (χ1v) is 15.4. The van der Waals surface area contributed by atoms with E-state index in [-0.39, 0.29) is 75.2 Å². The van der Waals surface area contributed by atoms with Gasteiger partial charge in [0, 0.05) is 43.7 Å². The molecule has 13 nitrogen and oxygen atoms in total. The van der Waals surface area contributed by atoms with Crippen molar-refractivity contribution in [3.8, 4) is 17.4 Å². The van der Waals surface area contributed by atoms with Crippen molar-refractivity contribution in [3.05, 3.63) is 63.7 Å². The molecule has 1 aromatic carbocycles. The Morgan fingerprint density at radius 2 is 1.98 bits per heavy atom. The molecule has 0 unspecified atom stereocenters. The van der Waals surface area contributed by atoms with E-state index in [2.05, 4.69) is 15.3 Å². The molecular weight excluding hydrogens is 602 g/mol. The summed E-state index contributed by atoms with van der Waals surface area (Å²) >= 11 is 1.51. The number of hydrogen-bond acceptors (Lipinski definition) is 10. The molecule has 3 amide bonds. The summed E-state index contributed by atoms with van der Waals surface area (Å²) < 4.78 is 17.3. The van der Waals surface area contributed by atoms with Crippen molar-refractivity contribution in [3.63, 3.8) is 0 Å². The maximum atomic E-state index is 13.6. The van der Waals surface area contributed by atoms with Crippen LogP contribution in [0.2, 0.25) is 0 Å². The van der Waals surface area contributed by atoms with Gasteiger partial charge in [-0.1, -0.05) is 6.07 Å². The highest BCUT2D eigenvalue weighted by Crippen LogP contribution is 2.38. The van der Waals surface area contributed by atoms with E-state index in [9.17, 15) is 14.4 Å². The molecule has 5 rings (SSSR count). The fraction of sp³-hybridized carbons (Fsp3) is 0.419. The number of amides is 3. The van der Waals surface area contributed by atoms with Crippen LogP contribution in [0.15, 0.2) is 41.9 Å². The topological polar surface area (TPSA) is 160 Å². The Kier molecular flexibility index (Phi) is 11.7. The molecule has 14 heteroatoms. The van der Waals surface area contributed by atoms with Crippen LogP contribution in [0.4, 0.5) is 0 Å². The molecule has 2 aromatic heterocycles. The van der Waals surface area contributed by atoms with Gasteiger partial charge in [0.1, 0.15) is 12.2 Å². The van der Waals surface area contributed by atoms with Crippen LogP contribution >= 0.6 is 11.3 Å². The molecule has 240 valence electrons. The van der Waals surface area contributed by atoms with E-state index >= 15 is 0 Å². The van der Waals surface area contributed by atoms with E-state index in [0.717, 1.165) is 16.3 Å². The van der Waals surface area contributed by atoms with Crippen molar-refractivity contribution < 1.29 is 38.5 Å². The largest absolute Gasteiger partial charge is 0.493 e. The van der Waals surface area contributed by atoms with Crippen LogP contribution in [0.3, 0.4) is 0 Å². The number of hydrogen-bond donors (Lipinski definition) is 2. The highest BCUT2D eigenvalue weighted by Gasteiger charge is 2.41. The SMILES string of the molecule is CCOc1ncccc1C(=O)N1CCNC(=O)[C@H]2CN(C(=O)Cc3csc(C)n3)C[C@@H]2c2ccc(OC)c(c2)OCC1.O=CO. The quantitative estimate of drug-likeness (QED) is 0.384. The Labute approximate surface area is 265 Å². The minimum absolute atomic E-state index is 0.0648. The van der Waals surface area contributed by atoms with E-state index in [1.807, 2.05) is 37.4 Å². The van der Waals surface area contributed by atoms with Gasteiger partial charge in [-0.15, -0.1) is 11.3 Å². The highest BCUT2D eigenvalue weighted by atomic mass is 32.1. The molecule has 4 heterocycles. The molecule has 2 aliphatic heterocycles. The smallest absolute Gasteiger partial charge is 0.290 e. The second-order valence-electron chi connectivity index (χ2n) is 10.3. The molecule has 2 N–H and O–H groups in total. The van der Waals surface area contributed by atoms with Crippen molar-refractivity contribution in [2.45, 2.75) is 26.2 Å². The predicted molar refractivity (Wildman–Crippen MR) is 165 cm³/mol. The number of nitrogens with zero attached hydrogens (tertiary/aromatic N) is 4. The van der Waals surface area contributed by atoms with Crippen molar-refractivity contribution in [1.29, 1.82) is 0 Å². The molecular formula is C31H37N5O8S. The summed E-state index contributed by atoms with van der Waals surface area (Å²) in [5.74, 6) is 0.114. The number of likely N-dealkylation sites (tertiary alicyclic amines) is 1. The predicted octanol–water partition coefficient (Wildman–Crippen LogP) is 2.39. The van der Waals surface area contributed by atoms with E-state index < -0.39 is 5.92 Å². The van der Waals surface area contributed by atoms with Gasteiger partial charge in [-0.05, 0) is 43.7 Å². The number of thiazole rings is 1. The number of aryl methyl sites for hydroxylation is 1. The molecule has 0 spiro atoms. The lowest BCUT2D eigenvalue weighted by Gasteiger charge is -2.24. The molecule has 0 saturated carbocycles. The summed E-state index contributed by atoms with van der Waals surface area (Å²) in [5.41, 5.74) is 1.96. The molecule has 0 aliphatic carbocycles. The lowest BCUT2D eigenvalue weighted by molar-refractivity contribution is -0.130. The second-order valence-corrected chi connectivity index (χ2v) is 11.3. The van der Waals surface area contributed by atoms with Gasteiger partial charge >= 0.3 is 0 Å². The third-order valence-corrected chi connectivity index (χ3v) is 8.32. The van der Waals surface area contributed by atoms with Crippen LogP contribution in [-0.2, 0) is 20.8 Å². The number of nitrogens with one attached hydrogen (secondary N) is 1. The molecule has 45 heavy (non-hydrogen) atoms. The van der Waals surface area contributed by atoms with Gasteiger partial charge in [0.25, 0.3) is 12.4 Å². The summed E-state index contributed by atoms with van der Waals surface area (Å²) in [6.45, 7) is 5.53. The van der Waals surface area contributed by atoms with Crippen molar-refractivity contribution >= 4 is 35.5 Å². The molecule has 1 fully saturated rings. The number of pyridine rings is 1. The van der Waals surface area contributed by atoms with Gasteiger partial charge in [-0.3, -0.25) is 19.2 Å². The van der Waals surface area contributed by atoms with E-state index in [4.69, 9.17) is 24.1 Å². The zero-order valence-corrected chi connectivity index (χ0v) is 26.2. The van der Waals surface area contributed by atoms with Crippen LogP contribution in [-0.4, -0.2) is 102 Å². The van der Waals surface area contributed by atoms with Gasteiger partial charge in [-0.25, -0.2) is 9.97 Å². The Bertz CT molecular complexity index is 1500. The summed E-state index contributed by atoms with van der Waals surface area (Å²) in [4.78, 5) is 60.8. The zero-order valence-electron chi connectivity index (χ0n) is 25.4. The maximum absolute atomic E-state index is 13.6. The molecule has 2 bridgehead atoms. The number of ether oxygens (including phenoxy) is 3. The first-order valence-electron chi connectivity index (χ1n) is 14.5. The summed E-state index contributed by atoms with van der Waals surface area (Å²) in [6, 6.07) is 8.97. The van der Waals surface area contributed by atoms with Crippen molar-refractivity contribution in [1.82, 2.24) is 25.1 Å². The fourth-order valence-corrected chi connectivity index (χ4v) is 6.02. The number of methoxy groups -OCH3 is 1. The third kappa shape index (κ3) is 8.26. The monoisotopic (exact) mass is 639 g/mol. The van der Waals surface area contributed by atoms with Crippen molar-refractivity contribution in [2.75, 3.05) is 53.0 Å². The number of benzene rings is 1. The first-order chi connectivity index (χ1) is 21.8. The molecule has 0 radical (unpaired) electrons. The summed E-state index contributed by atoms with van der Waals surface area (Å²) in [5, 5.41) is 12.7. The normalized spacial score (nSPS) is 18.0. The first kappa shape index (κ1) is 33.2. The zero-order chi connectivity index (χ0) is 32.3. The minimum Gasteiger partial charge on any atom is -0.493 e. The minimum atomic E-state index is -0.472. The van der Waals surface area contributed by atoms with Crippen molar-refractivity contribution in [2.24, 2.45) is 5.92 Å². The number of aromatic nitrogens is 2. The van der Waals surface area contributed by atoms with Crippen LogP contribution in [0.25, 0.3) is 0 Å². The Balaban J connectivity index is 0.00000148. The van der Waals surface area contributed by atoms with Gasteiger partial charge in [-0.2, -0.15) is 0 Å². The number of rotatable bonds is 6. The number of carbonyl (C=O) groups is 4. The standard InChI is InChI=1S/C30H35N5O6S.CH2O2/c1-4-40-29-22(6-5-9-32-29)30(38)34-11-10-31-28(37)24-17-35(27(36)15-21-18-42-19(2)33-21)16-23(24)20-7-8-25(39-3)26(14-20)41-13-12-34;2-1-3/h5-9,14,18,23-24H,4,10-13,15-17H2,1-3H3,(H,31,37);1H,(H,2,3)/t23-,24+;/m1./s1. The number of fused-ring (bicyclic) bond motifs is 4. The lowest BCUT2D eigenvalue weighted by atomic mass is 9.88. The highest BCUT2D eigenvalue weighted by molar-refractivity contribution is 7.09. The number of carboxylic acid groups (broad SMARTS) is 1. The molecule has 1 saturated heterocycles. The average molecular weight is 640 g/mol. The van der Waals surface area contributed by atoms with Gasteiger partial charge < -0.3 is 34.4 Å². The summed E-state index contributed by atoms with van der Waals surface area (Å²) in [7, 11) is 1.57. The fourth-order valence-electron chi connectivity index (χ4n) is 5.41. The van der Waals surface area contributed by atoms with Crippen LogP contribution in [0.5, 0.6) is 17.4 Å². The Morgan fingerprint density at radius 3 is 2.69 bits per heavy atom. The Morgan fingerprint density at radius 1 is 1.20 bits per heavy atom. The average Bonchev–Trinajstić information content (AvgIpc) is 3.67. The maximum Gasteiger partial charge on any atom is 0.290 e.